The highest BCUT2D eigenvalue weighted by Gasteiger charge is 2.14. The van der Waals surface area contributed by atoms with Gasteiger partial charge in [0, 0.05) is 11.6 Å². The highest BCUT2D eigenvalue weighted by atomic mass is 32.1. The molecule has 0 spiro atoms. The first-order valence-corrected chi connectivity index (χ1v) is 9.17. The summed E-state index contributed by atoms with van der Waals surface area (Å²) in [6, 6.07) is 8.71. The number of benzene rings is 2. The second-order valence-corrected chi connectivity index (χ2v) is 7.06. The minimum atomic E-state index is -3.01. The molecule has 0 unspecified atom stereocenters. The van der Waals surface area contributed by atoms with Crippen LogP contribution in [0.25, 0.3) is 16.3 Å². The molecule has 146 valence electrons. The van der Waals surface area contributed by atoms with E-state index >= 15 is 0 Å². The van der Waals surface area contributed by atoms with Gasteiger partial charge in [-0.15, -0.1) is 0 Å². The summed E-state index contributed by atoms with van der Waals surface area (Å²) in [5, 5.41) is 3.16. The first kappa shape index (κ1) is 19.8. The average molecular weight is 404 g/mol. The maximum atomic E-state index is 12.7. The van der Waals surface area contributed by atoms with E-state index in [4.69, 9.17) is 4.74 Å². The molecule has 5 nitrogen and oxygen atoms in total. The average Bonchev–Trinajstić information content (AvgIpc) is 3.02. The van der Waals surface area contributed by atoms with E-state index in [-0.39, 0.29) is 11.5 Å². The number of fused-ring (bicyclic) bond motifs is 1. The Morgan fingerprint density at radius 3 is 2.79 bits per heavy atom. The number of carbonyl (C=O) groups excluding carboxylic acids is 1. The van der Waals surface area contributed by atoms with Crippen LogP contribution in [-0.2, 0) is 4.79 Å². The number of anilines is 1. The number of rotatable bonds is 6. The summed E-state index contributed by atoms with van der Waals surface area (Å²) >= 11 is 1.37. The zero-order chi connectivity index (χ0) is 20.3. The van der Waals surface area contributed by atoms with Gasteiger partial charge < -0.3 is 9.47 Å². The number of hydrogen-bond donors (Lipinski definition) is 1. The molecule has 0 atom stereocenters. The maximum absolute atomic E-state index is 12.7. The van der Waals surface area contributed by atoms with E-state index in [0.29, 0.717) is 10.7 Å². The van der Waals surface area contributed by atoms with Crippen molar-refractivity contribution in [3.63, 3.8) is 0 Å². The minimum absolute atomic E-state index is 0.130. The summed E-state index contributed by atoms with van der Waals surface area (Å²) in [6.45, 7) is 0.959. The number of ether oxygens (including phenoxy) is 2. The molecular weight excluding hydrogens is 386 g/mol. The minimum Gasteiger partial charge on any atom is -0.493 e. The predicted octanol–water partition coefficient (Wildman–Crippen LogP) is 5.18. The lowest BCUT2D eigenvalue weighted by Gasteiger charge is -2.12. The Kier molecular flexibility index (Phi) is 5.89. The largest absolute Gasteiger partial charge is 0.493 e. The number of nitrogens with zero attached hydrogens (tertiary/aromatic N) is 1. The summed E-state index contributed by atoms with van der Waals surface area (Å²) in [5.74, 6) is -0.408. The van der Waals surface area contributed by atoms with Gasteiger partial charge in [0.05, 0.1) is 17.3 Å². The van der Waals surface area contributed by atoms with E-state index in [1.165, 1.54) is 36.7 Å². The molecule has 0 aliphatic rings. The Bertz CT molecular complexity index is 1050. The van der Waals surface area contributed by atoms with Crippen molar-refractivity contribution in [2.45, 2.75) is 20.5 Å². The third-order valence-corrected chi connectivity index (χ3v) is 4.83. The quantitative estimate of drug-likeness (QED) is 0.576. The van der Waals surface area contributed by atoms with Crippen LogP contribution in [0.4, 0.5) is 13.9 Å². The molecule has 0 fully saturated rings. The number of halogens is 2. The van der Waals surface area contributed by atoms with Crippen LogP contribution in [0.1, 0.15) is 16.7 Å². The standard InChI is InChI=1S/C20H18F2N2O3S/c1-11-9-12(2)17-15(10-11)28-20(24-17)23-16(25)8-7-13-5-4-6-14(26-3)18(13)27-19(21)22/h4-10,19H,1-3H3,(H,23,24,25)/b8-7+. The van der Waals surface area contributed by atoms with Crippen LogP contribution in [0, 0.1) is 13.8 Å². The highest BCUT2D eigenvalue weighted by Crippen LogP contribution is 2.33. The van der Waals surface area contributed by atoms with Gasteiger partial charge in [0.1, 0.15) is 0 Å². The SMILES string of the molecule is COc1cccc(/C=C/C(=O)Nc2nc3c(C)cc(C)cc3s2)c1OC(F)F. The van der Waals surface area contributed by atoms with Gasteiger partial charge in [0.15, 0.2) is 16.6 Å². The van der Waals surface area contributed by atoms with E-state index in [2.05, 4.69) is 15.0 Å². The van der Waals surface area contributed by atoms with Crippen molar-refractivity contribution in [2.24, 2.45) is 0 Å². The zero-order valence-corrected chi connectivity index (χ0v) is 16.3. The van der Waals surface area contributed by atoms with E-state index in [9.17, 15) is 13.6 Å². The Hall–Kier alpha value is -3.00. The van der Waals surface area contributed by atoms with Crippen LogP contribution in [0.15, 0.2) is 36.4 Å². The fourth-order valence-corrected chi connectivity index (χ4v) is 3.82. The van der Waals surface area contributed by atoms with E-state index in [0.717, 1.165) is 21.3 Å². The molecule has 3 aromatic rings. The van der Waals surface area contributed by atoms with Crippen molar-refractivity contribution < 1.29 is 23.0 Å². The van der Waals surface area contributed by atoms with E-state index in [1.807, 2.05) is 26.0 Å². The van der Waals surface area contributed by atoms with Gasteiger partial charge in [-0.3, -0.25) is 10.1 Å². The lowest BCUT2D eigenvalue weighted by Crippen LogP contribution is -2.08. The number of hydrogen-bond acceptors (Lipinski definition) is 5. The summed E-state index contributed by atoms with van der Waals surface area (Å²) in [5.41, 5.74) is 3.30. The van der Waals surface area contributed by atoms with Crippen LogP contribution >= 0.6 is 11.3 Å². The van der Waals surface area contributed by atoms with Crippen LogP contribution in [0.3, 0.4) is 0 Å². The number of methoxy groups -OCH3 is 1. The van der Waals surface area contributed by atoms with Crippen LogP contribution in [-0.4, -0.2) is 24.6 Å². The van der Waals surface area contributed by atoms with Gasteiger partial charge in [-0.05, 0) is 43.2 Å². The summed E-state index contributed by atoms with van der Waals surface area (Å²) in [6.07, 6.45) is 2.62. The Morgan fingerprint density at radius 2 is 2.07 bits per heavy atom. The van der Waals surface area contributed by atoms with Crippen molar-refractivity contribution in [1.29, 1.82) is 0 Å². The van der Waals surface area contributed by atoms with Gasteiger partial charge in [-0.25, -0.2) is 4.98 Å². The maximum Gasteiger partial charge on any atom is 0.387 e. The third-order valence-electron chi connectivity index (χ3n) is 3.91. The van der Waals surface area contributed by atoms with Gasteiger partial charge in [-0.1, -0.05) is 29.5 Å². The molecular formula is C20H18F2N2O3S. The number of carbonyl (C=O) groups is 1. The zero-order valence-electron chi connectivity index (χ0n) is 15.5. The molecule has 0 bridgehead atoms. The molecule has 2 aromatic carbocycles. The molecule has 0 saturated heterocycles. The Balaban J connectivity index is 1.80. The van der Waals surface area contributed by atoms with E-state index < -0.39 is 12.5 Å². The summed E-state index contributed by atoms with van der Waals surface area (Å²) < 4.78 is 35.9. The van der Waals surface area contributed by atoms with Gasteiger partial charge in [0.25, 0.3) is 0 Å². The monoisotopic (exact) mass is 404 g/mol. The van der Waals surface area contributed by atoms with Gasteiger partial charge in [-0.2, -0.15) is 8.78 Å². The first-order valence-electron chi connectivity index (χ1n) is 8.36. The smallest absolute Gasteiger partial charge is 0.387 e. The fraction of sp³-hybridized carbons (Fsp3) is 0.200. The lowest BCUT2D eigenvalue weighted by molar-refractivity contribution is -0.111. The summed E-state index contributed by atoms with van der Waals surface area (Å²) in [7, 11) is 1.35. The topological polar surface area (TPSA) is 60.5 Å². The number of nitrogens with one attached hydrogen (secondary N) is 1. The van der Waals surface area contributed by atoms with Gasteiger partial charge >= 0.3 is 6.61 Å². The van der Waals surface area contributed by atoms with Crippen molar-refractivity contribution in [1.82, 2.24) is 4.98 Å². The molecule has 0 saturated carbocycles. The molecule has 28 heavy (non-hydrogen) atoms. The molecule has 0 aliphatic carbocycles. The molecule has 3 rings (SSSR count). The van der Waals surface area contributed by atoms with Crippen molar-refractivity contribution in [3.05, 3.63) is 53.1 Å². The molecule has 0 radical (unpaired) electrons. The Labute approximate surface area is 164 Å². The molecule has 1 amide bonds. The lowest BCUT2D eigenvalue weighted by atomic mass is 10.1. The van der Waals surface area contributed by atoms with Crippen molar-refractivity contribution in [2.75, 3.05) is 12.4 Å². The molecule has 1 N–H and O–H groups in total. The number of alkyl halides is 2. The third kappa shape index (κ3) is 4.45. The number of para-hydroxylation sites is 1. The number of aryl methyl sites for hydroxylation is 2. The summed E-state index contributed by atoms with van der Waals surface area (Å²) in [4.78, 5) is 16.7. The predicted molar refractivity (Wildman–Crippen MR) is 106 cm³/mol. The van der Waals surface area contributed by atoms with Crippen LogP contribution in [0.2, 0.25) is 0 Å². The molecule has 1 aromatic heterocycles. The van der Waals surface area contributed by atoms with Gasteiger partial charge in [0.2, 0.25) is 5.91 Å². The first-order chi connectivity index (χ1) is 13.4. The Morgan fingerprint density at radius 1 is 1.29 bits per heavy atom. The normalized spacial score (nSPS) is 11.4. The number of thiazole rings is 1. The van der Waals surface area contributed by atoms with Crippen molar-refractivity contribution >= 4 is 38.7 Å². The second-order valence-electron chi connectivity index (χ2n) is 6.03. The number of aromatic nitrogens is 1. The van der Waals surface area contributed by atoms with Crippen LogP contribution in [0.5, 0.6) is 11.5 Å². The molecule has 0 aliphatic heterocycles. The number of amides is 1. The second kappa shape index (κ2) is 8.35. The fourth-order valence-electron chi connectivity index (χ4n) is 2.78. The molecule has 8 heteroatoms. The highest BCUT2D eigenvalue weighted by molar-refractivity contribution is 7.22. The van der Waals surface area contributed by atoms with Crippen LogP contribution < -0.4 is 14.8 Å². The molecule has 1 heterocycles. The van der Waals surface area contributed by atoms with Crippen molar-refractivity contribution in [3.8, 4) is 11.5 Å². The van der Waals surface area contributed by atoms with E-state index in [1.54, 1.807) is 12.1 Å².